The number of allylic oxidation sites excluding steroid dienone is 8. The predicted molar refractivity (Wildman–Crippen MR) is 224 cm³/mol. The van der Waals surface area contributed by atoms with Crippen molar-refractivity contribution >= 4 is 11.9 Å². The minimum atomic E-state index is -0.544. The molecule has 0 aromatic rings. The van der Waals surface area contributed by atoms with Crippen molar-refractivity contribution in [2.45, 2.75) is 219 Å². The number of rotatable bonds is 40. The van der Waals surface area contributed by atoms with Crippen LogP contribution in [0.15, 0.2) is 48.6 Å². The van der Waals surface area contributed by atoms with Crippen LogP contribution in [-0.4, -0.2) is 37.9 Å². The molecule has 52 heavy (non-hydrogen) atoms. The lowest BCUT2D eigenvalue weighted by Crippen LogP contribution is -2.30. The molecular weight excluding hydrogens is 645 g/mol. The van der Waals surface area contributed by atoms with E-state index in [0.29, 0.717) is 19.4 Å². The number of carbonyl (C=O) groups excluding carboxylic acids is 2. The van der Waals surface area contributed by atoms with Gasteiger partial charge < -0.3 is 14.2 Å². The van der Waals surface area contributed by atoms with E-state index in [-0.39, 0.29) is 25.2 Å². The van der Waals surface area contributed by atoms with Crippen molar-refractivity contribution in [1.82, 2.24) is 0 Å². The average Bonchev–Trinajstić information content (AvgIpc) is 3.14. The zero-order valence-corrected chi connectivity index (χ0v) is 34.6. The second-order valence-corrected chi connectivity index (χ2v) is 14.6. The van der Waals surface area contributed by atoms with Gasteiger partial charge in [0.05, 0.1) is 6.61 Å². The van der Waals surface area contributed by atoms with Crippen LogP contribution in [-0.2, 0) is 23.8 Å². The molecule has 0 aliphatic heterocycles. The molecule has 0 fully saturated rings. The fourth-order valence-electron chi connectivity index (χ4n) is 6.05. The van der Waals surface area contributed by atoms with E-state index in [1.54, 1.807) is 0 Å². The lowest BCUT2D eigenvalue weighted by molar-refractivity contribution is -0.163. The fraction of sp³-hybridized carbons (Fsp3) is 0.787. The Morgan fingerprint density at radius 1 is 0.442 bits per heavy atom. The first-order chi connectivity index (χ1) is 25.6. The van der Waals surface area contributed by atoms with Gasteiger partial charge in [-0.25, -0.2) is 0 Å². The van der Waals surface area contributed by atoms with Crippen molar-refractivity contribution < 1.29 is 23.8 Å². The van der Waals surface area contributed by atoms with E-state index in [2.05, 4.69) is 69.4 Å². The minimum Gasteiger partial charge on any atom is -0.462 e. The van der Waals surface area contributed by atoms with Gasteiger partial charge in [-0.1, -0.05) is 172 Å². The largest absolute Gasteiger partial charge is 0.462 e. The molecule has 0 aromatic carbocycles. The maximum atomic E-state index is 12.6. The van der Waals surface area contributed by atoms with Crippen LogP contribution in [0.25, 0.3) is 0 Å². The third-order valence-electron chi connectivity index (χ3n) is 9.35. The van der Waals surface area contributed by atoms with Gasteiger partial charge in [-0.3, -0.25) is 9.59 Å². The monoisotopic (exact) mass is 729 g/mol. The van der Waals surface area contributed by atoms with Gasteiger partial charge >= 0.3 is 11.9 Å². The van der Waals surface area contributed by atoms with Crippen LogP contribution in [0.3, 0.4) is 0 Å². The Morgan fingerprint density at radius 3 is 1.40 bits per heavy atom. The first kappa shape index (κ1) is 49.9. The topological polar surface area (TPSA) is 61.8 Å². The van der Waals surface area contributed by atoms with E-state index in [1.165, 1.54) is 103 Å². The summed E-state index contributed by atoms with van der Waals surface area (Å²) in [5.41, 5.74) is 0. The van der Waals surface area contributed by atoms with Crippen molar-refractivity contribution in [3.63, 3.8) is 0 Å². The lowest BCUT2D eigenvalue weighted by atomic mass is 10.1. The van der Waals surface area contributed by atoms with E-state index >= 15 is 0 Å². The van der Waals surface area contributed by atoms with Crippen molar-refractivity contribution in [3.8, 4) is 0 Å². The Kier molecular flexibility index (Phi) is 41.5. The molecule has 0 amide bonds. The van der Waals surface area contributed by atoms with Gasteiger partial charge in [0.1, 0.15) is 6.61 Å². The van der Waals surface area contributed by atoms with Crippen molar-refractivity contribution in [1.29, 1.82) is 0 Å². The molecule has 0 N–H and O–H groups in total. The highest BCUT2D eigenvalue weighted by atomic mass is 16.6. The summed E-state index contributed by atoms with van der Waals surface area (Å²) in [7, 11) is 0. The molecule has 0 spiro atoms. The Balaban J connectivity index is 4.20. The van der Waals surface area contributed by atoms with Crippen LogP contribution in [0.1, 0.15) is 213 Å². The molecule has 0 heterocycles. The number of unbranched alkanes of at least 4 members (excludes halogenated alkanes) is 21. The standard InChI is InChI=1S/C47H84O5/c1-4-7-10-13-16-18-20-22-24-25-27-29-32-34-37-40-46(48)51-44-45(52-47(49)41-38-35-31-15-12-9-6-3)43-50-42-39-36-33-30-28-26-23-21-19-17-14-11-8-5-2/h8,11,17,19,22-24,26,45H,4-7,9-10,12-16,18,20-21,25,27-44H2,1-3H3/b11-8-,19-17-,24-22-,26-23-. The molecule has 0 aromatic heterocycles. The van der Waals surface area contributed by atoms with E-state index in [4.69, 9.17) is 14.2 Å². The summed E-state index contributed by atoms with van der Waals surface area (Å²) >= 11 is 0. The quantitative estimate of drug-likeness (QED) is 0.0357. The Morgan fingerprint density at radius 2 is 0.865 bits per heavy atom. The van der Waals surface area contributed by atoms with E-state index in [0.717, 1.165) is 77.0 Å². The number of hydrogen-bond donors (Lipinski definition) is 0. The highest BCUT2D eigenvalue weighted by Crippen LogP contribution is 2.13. The molecule has 0 saturated heterocycles. The van der Waals surface area contributed by atoms with E-state index in [1.807, 2.05) is 0 Å². The Hall–Kier alpha value is -2.14. The van der Waals surface area contributed by atoms with Crippen LogP contribution in [0.2, 0.25) is 0 Å². The zero-order chi connectivity index (χ0) is 37.8. The maximum Gasteiger partial charge on any atom is 0.306 e. The van der Waals surface area contributed by atoms with Gasteiger partial charge in [0.25, 0.3) is 0 Å². The summed E-state index contributed by atoms with van der Waals surface area (Å²) in [5.74, 6) is -0.424. The lowest BCUT2D eigenvalue weighted by Gasteiger charge is -2.18. The molecular formula is C47H84O5. The third-order valence-corrected chi connectivity index (χ3v) is 9.35. The van der Waals surface area contributed by atoms with E-state index < -0.39 is 6.10 Å². The molecule has 1 atom stereocenters. The normalized spacial score (nSPS) is 12.6. The maximum absolute atomic E-state index is 12.6. The number of esters is 2. The van der Waals surface area contributed by atoms with Gasteiger partial charge in [0, 0.05) is 19.4 Å². The molecule has 5 nitrogen and oxygen atoms in total. The molecule has 0 saturated carbocycles. The van der Waals surface area contributed by atoms with Crippen LogP contribution in [0.4, 0.5) is 0 Å². The summed E-state index contributed by atoms with van der Waals surface area (Å²) in [5, 5.41) is 0. The highest BCUT2D eigenvalue weighted by molar-refractivity contribution is 5.70. The van der Waals surface area contributed by atoms with Crippen LogP contribution in [0, 0.1) is 0 Å². The van der Waals surface area contributed by atoms with Crippen molar-refractivity contribution in [2.75, 3.05) is 19.8 Å². The first-order valence-corrected chi connectivity index (χ1v) is 22.2. The Bertz CT molecular complexity index is 873. The molecule has 5 heteroatoms. The molecule has 0 bridgehead atoms. The predicted octanol–water partition coefficient (Wildman–Crippen LogP) is 14.4. The SMILES string of the molecule is CC/C=C\C/C=C\C/C=C\CCCCCCOCC(COC(=O)CCCCCCC/C=C\CCCCCCCC)OC(=O)CCCCCCCCC. The number of ether oxygens (including phenoxy) is 3. The minimum absolute atomic E-state index is 0.0730. The molecule has 0 radical (unpaired) electrons. The fourth-order valence-corrected chi connectivity index (χ4v) is 6.05. The molecule has 0 aliphatic rings. The number of carbonyl (C=O) groups is 2. The summed E-state index contributed by atoms with van der Waals surface area (Å²) in [6.07, 6.45) is 51.2. The number of hydrogen-bond acceptors (Lipinski definition) is 5. The highest BCUT2D eigenvalue weighted by Gasteiger charge is 2.17. The average molecular weight is 729 g/mol. The summed E-state index contributed by atoms with van der Waals surface area (Å²) in [4.78, 5) is 25.1. The molecule has 1 unspecified atom stereocenters. The molecule has 302 valence electrons. The van der Waals surface area contributed by atoms with Crippen LogP contribution >= 0.6 is 0 Å². The van der Waals surface area contributed by atoms with Crippen LogP contribution in [0.5, 0.6) is 0 Å². The smallest absolute Gasteiger partial charge is 0.306 e. The molecule has 0 rings (SSSR count). The first-order valence-electron chi connectivity index (χ1n) is 22.2. The summed E-state index contributed by atoms with van der Waals surface area (Å²) in [6.45, 7) is 7.62. The van der Waals surface area contributed by atoms with Gasteiger partial charge in [-0.15, -0.1) is 0 Å². The third kappa shape index (κ3) is 40.6. The van der Waals surface area contributed by atoms with Crippen molar-refractivity contribution in [2.24, 2.45) is 0 Å². The Labute approximate surface area is 322 Å². The van der Waals surface area contributed by atoms with Gasteiger partial charge in [-0.2, -0.15) is 0 Å². The summed E-state index contributed by atoms with van der Waals surface area (Å²) < 4.78 is 17.2. The van der Waals surface area contributed by atoms with E-state index in [9.17, 15) is 9.59 Å². The second kappa shape index (κ2) is 43.3. The molecule has 0 aliphatic carbocycles. The van der Waals surface area contributed by atoms with Crippen LogP contribution < -0.4 is 0 Å². The zero-order valence-electron chi connectivity index (χ0n) is 34.6. The van der Waals surface area contributed by atoms with Gasteiger partial charge in [0.15, 0.2) is 6.10 Å². The van der Waals surface area contributed by atoms with Gasteiger partial charge in [0.2, 0.25) is 0 Å². The van der Waals surface area contributed by atoms with Crippen molar-refractivity contribution in [3.05, 3.63) is 48.6 Å². The summed E-state index contributed by atoms with van der Waals surface area (Å²) in [6, 6.07) is 0. The van der Waals surface area contributed by atoms with Gasteiger partial charge in [-0.05, 0) is 77.0 Å². The second-order valence-electron chi connectivity index (χ2n) is 14.6.